The molecule has 0 fully saturated rings. The predicted octanol–water partition coefficient (Wildman–Crippen LogP) is 3.74. The van der Waals surface area contributed by atoms with Crippen LogP contribution in [0.1, 0.15) is 22.8 Å². The molecule has 1 aromatic heterocycles. The zero-order valence-electron chi connectivity index (χ0n) is 21.6. The summed E-state index contributed by atoms with van der Waals surface area (Å²) in [6.07, 6.45) is 0. The third-order valence-corrected chi connectivity index (χ3v) is 8.80. The number of alkyl halides is 6. The molecule has 12 nitrogen and oxygen atoms in total. The van der Waals surface area contributed by atoms with Gasteiger partial charge in [-0.1, -0.05) is 30.3 Å². The van der Waals surface area contributed by atoms with Crippen molar-refractivity contribution in [2.24, 2.45) is 0 Å². The number of carboxylic acid groups (broad SMARTS) is 2. The first-order valence-electron chi connectivity index (χ1n) is 11.7. The Labute approximate surface area is 240 Å². The maximum Gasteiger partial charge on any atom is 0.534 e. The Kier molecular flexibility index (Phi) is 6.54. The topological polar surface area (TPSA) is 186 Å². The zero-order chi connectivity index (χ0) is 32.9. The van der Waals surface area contributed by atoms with Crippen LogP contribution in [0, 0.1) is 6.92 Å². The Bertz CT molecular complexity index is 2250. The summed E-state index contributed by atoms with van der Waals surface area (Å²) in [4.78, 5) is 28.5. The summed E-state index contributed by atoms with van der Waals surface area (Å²) in [5, 5.41) is 20.9. The van der Waals surface area contributed by atoms with Crippen LogP contribution in [0.4, 0.5) is 32.0 Å². The summed E-state index contributed by atoms with van der Waals surface area (Å²) in [5.74, 6) is -5.38. The Balaban J connectivity index is 2.02. The van der Waals surface area contributed by atoms with Crippen molar-refractivity contribution in [3.05, 3.63) is 46.7 Å². The van der Waals surface area contributed by atoms with Gasteiger partial charge in [-0.3, -0.25) is 0 Å². The SMILES string of the molecule is Cc1ccc2c3c(c4cccc5c(C(=O)O)c(OS(=O)(=O)C(F)(F)F)nc2c54)NC(C)(OS(=O)(=O)C(F)(F)F)C(C(=O)O)=c13. The summed E-state index contributed by atoms with van der Waals surface area (Å²) in [6, 6.07) is 5.92. The van der Waals surface area contributed by atoms with Crippen molar-refractivity contribution in [1.29, 1.82) is 0 Å². The summed E-state index contributed by atoms with van der Waals surface area (Å²) >= 11 is 0. The van der Waals surface area contributed by atoms with E-state index in [-0.39, 0.29) is 43.5 Å². The van der Waals surface area contributed by atoms with Gasteiger partial charge in [-0.2, -0.15) is 43.2 Å². The number of benzene rings is 3. The van der Waals surface area contributed by atoms with Gasteiger partial charge in [0.2, 0.25) is 5.88 Å². The zero-order valence-corrected chi connectivity index (χ0v) is 23.2. The summed E-state index contributed by atoms with van der Waals surface area (Å²) in [6.45, 7) is 2.03. The normalized spacial score (nSPS) is 17.7. The highest BCUT2D eigenvalue weighted by Crippen LogP contribution is 2.46. The van der Waals surface area contributed by atoms with Crippen LogP contribution in [0.15, 0.2) is 30.3 Å². The Hall–Kier alpha value is -4.43. The molecule has 2 heterocycles. The van der Waals surface area contributed by atoms with Crippen LogP contribution in [-0.2, 0) is 29.2 Å². The molecule has 4 aromatic rings. The van der Waals surface area contributed by atoms with E-state index in [1.165, 1.54) is 25.1 Å². The van der Waals surface area contributed by atoms with Crippen LogP contribution in [-0.4, -0.2) is 60.7 Å². The molecule has 20 heteroatoms. The molecule has 5 rings (SSSR count). The predicted molar refractivity (Wildman–Crippen MR) is 138 cm³/mol. The molecule has 0 saturated heterocycles. The monoisotopic (exact) mass is 668 g/mol. The average molecular weight is 669 g/mol. The van der Waals surface area contributed by atoms with Crippen LogP contribution < -0.4 is 14.7 Å². The largest absolute Gasteiger partial charge is 0.534 e. The molecule has 3 N–H and O–H groups in total. The van der Waals surface area contributed by atoms with Crippen LogP contribution in [0.3, 0.4) is 0 Å². The lowest BCUT2D eigenvalue weighted by atomic mass is 9.86. The number of aromatic carboxylic acids is 1. The minimum absolute atomic E-state index is 0.0632. The first-order valence-corrected chi connectivity index (χ1v) is 14.5. The fourth-order valence-electron chi connectivity index (χ4n) is 5.10. The number of carbonyl (C=O) groups is 2. The lowest BCUT2D eigenvalue weighted by Gasteiger charge is -2.36. The first-order chi connectivity index (χ1) is 20.0. The van der Waals surface area contributed by atoms with Crippen molar-refractivity contribution in [3.63, 3.8) is 0 Å². The smallest absolute Gasteiger partial charge is 0.478 e. The van der Waals surface area contributed by atoms with Crippen molar-refractivity contribution in [2.45, 2.75) is 30.6 Å². The molecule has 1 atom stereocenters. The molecule has 0 amide bonds. The molecule has 0 saturated carbocycles. The second-order valence-electron chi connectivity index (χ2n) is 9.53. The summed E-state index contributed by atoms with van der Waals surface area (Å²) in [7, 11) is -12.9. The number of hydrogen-bond acceptors (Lipinski definition) is 10. The fraction of sp³-hybridized carbons (Fsp3) is 0.208. The van der Waals surface area contributed by atoms with Crippen molar-refractivity contribution >= 4 is 75.9 Å². The lowest BCUT2D eigenvalue weighted by molar-refractivity contribution is -0.131. The number of aryl methyl sites for hydroxylation is 1. The number of nitrogens with one attached hydrogen (secondary N) is 1. The molecule has 1 aliphatic rings. The van der Waals surface area contributed by atoms with Gasteiger partial charge in [0.25, 0.3) is 0 Å². The molecule has 0 aliphatic carbocycles. The van der Waals surface area contributed by atoms with E-state index in [9.17, 15) is 63.0 Å². The number of hydrogen-bond donors (Lipinski definition) is 3. The van der Waals surface area contributed by atoms with Gasteiger partial charge in [0.05, 0.1) is 16.8 Å². The number of aliphatic carboxylic acids is 1. The fourth-order valence-corrected chi connectivity index (χ4v) is 6.18. The molecule has 44 heavy (non-hydrogen) atoms. The van der Waals surface area contributed by atoms with Gasteiger partial charge < -0.3 is 19.7 Å². The van der Waals surface area contributed by atoms with Crippen LogP contribution in [0.2, 0.25) is 0 Å². The van der Waals surface area contributed by atoms with Crippen LogP contribution in [0.5, 0.6) is 5.88 Å². The minimum Gasteiger partial charge on any atom is -0.478 e. The molecular weight excluding hydrogens is 654 g/mol. The van der Waals surface area contributed by atoms with Crippen molar-refractivity contribution < 1.29 is 71.3 Å². The maximum absolute atomic E-state index is 13.4. The molecule has 1 unspecified atom stereocenters. The van der Waals surface area contributed by atoms with Gasteiger partial charge in [-0.15, -0.1) is 0 Å². The van der Waals surface area contributed by atoms with E-state index in [2.05, 4.69) is 18.7 Å². The molecule has 0 spiro atoms. The Morgan fingerprint density at radius 1 is 0.864 bits per heavy atom. The van der Waals surface area contributed by atoms with E-state index in [0.717, 1.165) is 12.1 Å². The quantitative estimate of drug-likeness (QED) is 0.0890. The second kappa shape index (κ2) is 9.29. The number of fused-ring (bicyclic) bond motifs is 2. The minimum atomic E-state index is -6.44. The van der Waals surface area contributed by atoms with Crippen LogP contribution >= 0.6 is 0 Å². The van der Waals surface area contributed by atoms with Gasteiger partial charge >= 0.3 is 43.2 Å². The highest BCUT2D eigenvalue weighted by molar-refractivity contribution is 7.88. The van der Waals surface area contributed by atoms with Crippen molar-refractivity contribution in [1.82, 2.24) is 4.98 Å². The van der Waals surface area contributed by atoms with E-state index in [4.69, 9.17) is 0 Å². The van der Waals surface area contributed by atoms with Gasteiger partial charge in [0.15, 0.2) is 5.72 Å². The highest BCUT2D eigenvalue weighted by Gasteiger charge is 2.54. The summed E-state index contributed by atoms with van der Waals surface area (Å²) < 4.78 is 136. The molecule has 3 aromatic carbocycles. The van der Waals surface area contributed by atoms with E-state index in [1.807, 2.05) is 0 Å². The molecule has 0 radical (unpaired) electrons. The number of nitrogens with zero attached hydrogens (tertiary/aromatic N) is 1. The number of pyridine rings is 1. The first kappa shape index (κ1) is 31.0. The molecule has 234 valence electrons. The lowest BCUT2D eigenvalue weighted by Crippen LogP contribution is -2.50. The van der Waals surface area contributed by atoms with E-state index < -0.39 is 71.3 Å². The van der Waals surface area contributed by atoms with Gasteiger partial charge in [-0.05, 0) is 19.4 Å². The third kappa shape index (κ3) is 4.42. The van der Waals surface area contributed by atoms with Gasteiger partial charge in [-0.25, -0.2) is 18.8 Å². The Morgan fingerprint density at radius 3 is 2.00 bits per heavy atom. The number of carboxylic acids is 2. The van der Waals surface area contributed by atoms with Gasteiger partial charge in [0, 0.05) is 32.1 Å². The van der Waals surface area contributed by atoms with Crippen molar-refractivity contribution in [3.8, 4) is 5.88 Å². The number of anilines is 1. The standard InChI is InChI=1S/C24H14F6N2O10S2/c1-8-6-7-11-14-12(8)16(21(35)36)22(2,42-44(39,40)24(28,29)30)32-18(14)10-5-3-4-9-13(10)17(11)31-19(15(9)20(33)34)41-43(37,38)23(25,26)27/h3-7,32H,1-2H3,(H,33,34)(H,35,36). The van der Waals surface area contributed by atoms with E-state index in [1.54, 1.807) is 0 Å². The average Bonchev–Trinajstić information content (AvgIpc) is 2.85. The molecule has 1 aliphatic heterocycles. The van der Waals surface area contributed by atoms with E-state index in [0.29, 0.717) is 6.92 Å². The number of rotatable bonds is 6. The third-order valence-electron chi connectivity index (χ3n) is 6.74. The summed E-state index contributed by atoms with van der Waals surface area (Å²) in [5.41, 5.74) is -17.6. The Morgan fingerprint density at radius 2 is 1.45 bits per heavy atom. The molecular formula is C24H14F6N2O10S2. The van der Waals surface area contributed by atoms with Crippen molar-refractivity contribution in [2.75, 3.05) is 5.32 Å². The molecule has 0 bridgehead atoms. The number of halogens is 6. The highest BCUT2D eigenvalue weighted by atomic mass is 32.2. The van der Waals surface area contributed by atoms with Crippen LogP contribution in [0.25, 0.3) is 38.0 Å². The van der Waals surface area contributed by atoms with Gasteiger partial charge in [0.1, 0.15) is 5.56 Å². The number of aromatic nitrogens is 1. The maximum atomic E-state index is 13.4. The second-order valence-corrected chi connectivity index (χ2v) is 12.6. The van der Waals surface area contributed by atoms with E-state index >= 15 is 0 Å².